The molecular weight excluding hydrogens is 234 g/mol. The fraction of sp³-hybridized carbons (Fsp3) is 0.583. The summed E-state index contributed by atoms with van der Waals surface area (Å²) in [5.74, 6) is 5.63. The number of amides is 1. The van der Waals surface area contributed by atoms with Crippen molar-refractivity contribution >= 4 is 5.91 Å². The molecule has 1 aromatic heterocycles. The lowest BCUT2D eigenvalue weighted by Crippen LogP contribution is -2.44. The lowest BCUT2D eigenvalue weighted by atomic mass is 10.2. The summed E-state index contributed by atoms with van der Waals surface area (Å²) in [7, 11) is 0. The Morgan fingerprint density at radius 1 is 1.44 bits per heavy atom. The molecule has 0 unspecified atom stereocenters. The van der Waals surface area contributed by atoms with Gasteiger partial charge in [0.25, 0.3) is 0 Å². The van der Waals surface area contributed by atoms with Crippen molar-refractivity contribution in [1.29, 1.82) is 0 Å². The first-order valence-corrected chi connectivity index (χ1v) is 6.06. The summed E-state index contributed by atoms with van der Waals surface area (Å²) in [4.78, 5) is 13.5. The van der Waals surface area contributed by atoms with Crippen LogP contribution in [0.5, 0.6) is 0 Å². The quantitative estimate of drug-likeness (QED) is 0.465. The summed E-state index contributed by atoms with van der Waals surface area (Å²) >= 11 is 0. The third-order valence-corrected chi connectivity index (χ3v) is 2.89. The van der Waals surface area contributed by atoms with E-state index in [4.69, 9.17) is 15.0 Å². The summed E-state index contributed by atoms with van der Waals surface area (Å²) < 4.78 is 11.1. The summed E-state index contributed by atoms with van der Waals surface area (Å²) in [5.41, 5.74) is 2.05. The molecule has 2 heterocycles. The van der Waals surface area contributed by atoms with Crippen molar-refractivity contribution in [3.63, 3.8) is 0 Å². The summed E-state index contributed by atoms with van der Waals surface area (Å²) in [6.45, 7) is 6.51. The van der Waals surface area contributed by atoms with Crippen LogP contribution < -0.4 is 11.3 Å². The number of furan rings is 1. The largest absolute Gasteiger partial charge is 0.455 e. The van der Waals surface area contributed by atoms with Crippen LogP contribution in [0.4, 0.5) is 0 Å². The second-order valence-electron chi connectivity index (χ2n) is 4.69. The van der Waals surface area contributed by atoms with Gasteiger partial charge in [-0.05, 0) is 26.0 Å². The van der Waals surface area contributed by atoms with Crippen molar-refractivity contribution in [2.45, 2.75) is 32.6 Å². The van der Waals surface area contributed by atoms with Gasteiger partial charge in [0, 0.05) is 13.1 Å². The zero-order chi connectivity index (χ0) is 13.1. The van der Waals surface area contributed by atoms with E-state index in [0.717, 1.165) is 18.8 Å². The van der Waals surface area contributed by atoms with Crippen LogP contribution in [0.1, 0.15) is 30.2 Å². The Balaban J connectivity index is 1.96. The average molecular weight is 253 g/mol. The minimum absolute atomic E-state index is 0.218. The van der Waals surface area contributed by atoms with E-state index in [1.54, 1.807) is 12.1 Å². The molecule has 100 valence electrons. The Kier molecular flexibility index (Phi) is 4.00. The van der Waals surface area contributed by atoms with Gasteiger partial charge in [0.1, 0.15) is 5.76 Å². The van der Waals surface area contributed by atoms with E-state index in [1.165, 1.54) is 0 Å². The van der Waals surface area contributed by atoms with Gasteiger partial charge in [-0.2, -0.15) is 0 Å². The number of nitrogens with one attached hydrogen (secondary N) is 1. The third kappa shape index (κ3) is 3.10. The Hall–Kier alpha value is -1.37. The first-order chi connectivity index (χ1) is 8.58. The molecule has 18 heavy (non-hydrogen) atoms. The molecule has 0 bridgehead atoms. The number of hydrogen-bond donors (Lipinski definition) is 2. The Labute approximate surface area is 106 Å². The van der Waals surface area contributed by atoms with Crippen molar-refractivity contribution in [2.75, 3.05) is 13.1 Å². The molecule has 1 fully saturated rings. The number of nitrogens with two attached hydrogens (primary N) is 1. The van der Waals surface area contributed by atoms with Crippen molar-refractivity contribution in [1.82, 2.24) is 10.3 Å². The standard InChI is InChI=1S/C12H19N3O3/c1-8-5-15(6-9(2)17-8)7-10-3-4-11(18-10)12(16)14-13/h3-4,8-9H,5-7,13H2,1-2H3,(H,14,16)/t8-,9+. The van der Waals surface area contributed by atoms with Crippen LogP contribution in [-0.4, -0.2) is 36.1 Å². The van der Waals surface area contributed by atoms with Gasteiger partial charge >= 0.3 is 5.91 Å². The van der Waals surface area contributed by atoms with Gasteiger partial charge in [-0.3, -0.25) is 15.1 Å². The first kappa shape index (κ1) is 13.1. The topological polar surface area (TPSA) is 80.7 Å². The lowest BCUT2D eigenvalue weighted by molar-refractivity contribution is -0.0718. The van der Waals surface area contributed by atoms with Crippen LogP contribution in [0.25, 0.3) is 0 Å². The average Bonchev–Trinajstić information content (AvgIpc) is 2.75. The van der Waals surface area contributed by atoms with Crippen molar-refractivity contribution < 1.29 is 13.9 Å². The van der Waals surface area contributed by atoms with E-state index >= 15 is 0 Å². The normalized spacial score (nSPS) is 25.1. The molecule has 1 saturated heterocycles. The number of ether oxygens (including phenoxy) is 1. The highest BCUT2D eigenvalue weighted by Gasteiger charge is 2.23. The molecule has 0 aromatic carbocycles. The van der Waals surface area contributed by atoms with Crippen LogP contribution in [0.2, 0.25) is 0 Å². The molecular formula is C12H19N3O3. The maximum atomic E-state index is 11.3. The highest BCUT2D eigenvalue weighted by atomic mass is 16.5. The Bertz CT molecular complexity index is 408. The molecule has 1 aromatic rings. The molecule has 2 atom stereocenters. The maximum absolute atomic E-state index is 11.3. The zero-order valence-electron chi connectivity index (χ0n) is 10.7. The molecule has 0 saturated carbocycles. The van der Waals surface area contributed by atoms with E-state index < -0.39 is 5.91 Å². The second kappa shape index (κ2) is 5.51. The van der Waals surface area contributed by atoms with E-state index in [0.29, 0.717) is 6.54 Å². The fourth-order valence-corrected chi connectivity index (χ4v) is 2.29. The van der Waals surface area contributed by atoms with E-state index in [2.05, 4.69) is 18.7 Å². The summed E-state index contributed by atoms with van der Waals surface area (Å²) in [6.07, 6.45) is 0.436. The third-order valence-electron chi connectivity index (χ3n) is 2.89. The molecule has 1 aliphatic heterocycles. The minimum atomic E-state index is -0.412. The van der Waals surface area contributed by atoms with E-state index in [1.807, 2.05) is 5.43 Å². The van der Waals surface area contributed by atoms with Gasteiger partial charge in [-0.15, -0.1) is 0 Å². The second-order valence-corrected chi connectivity index (χ2v) is 4.69. The van der Waals surface area contributed by atoms with Crippen LogP contribution in [0, 0.1) is 0 Å². The van der Waals surface area contributed by atoms with E-state index in [-0.39, 0.29) is 18.0 Å². The summed E-state index contributed by atoms with van der Waals surface area (Å²) in [5, 5.41) is 0. The van der Waals surface area contributed by atoms with E-state index in [9.17, 15) is 4.79 Å². The van der Waals surface area contributed by atoms with Crippen molar-refractivity contribution in [3.8, 4) is 0 Å². The smallest absolute Gasteiger partial charge is 0.300 e. The SMILES string of the molecule is C[C@@H]1CN(Cc2ccc(C(=O)NN)o2)C[C@H](C)O1. The molecule has 0 spiro atoms. The maximum Gasteiger partial charge on any atom is 0.300 e. The molecule has 6 heteroatoms. The number of nitrogens with zero attached hydrogens (tertiary/aromatic N) is 1. The van der Waals surface area contributed by atoms with Crippen LogP contribution in [-0.2, 0) is 11.3 Å². The molecule has 6 nitrogen and oxygen atoms in total. The van der Waals surface area contributed by atoms with Gasteiger partial charge in [-0.1, -0.05) is 0 Å². The highest BCUT2D eigenvalue weighted by molar-refractivity contribution is 5.90. The molecule has 0 radical (unpaired) electrons. The monoisotopic (exact) mass is 253 g/mol. The predicted molar refractivity (Wildman–Crippen MR) is 65.6 cm³/mol. The van der Waals surface area contributed by atoms with Crippen molar-refractivity contribution in [2.24, 2.45) is 5.84 Å². The molecule has 0 aliphatic carbocycles. The van der Waals surface area contributed by atoms with Gasteiger partial charge in [0.2, 0.25) is 0 Å². The number of hydrazine groups is 1. The van der Waals surface area contributed by atoms with Crippen LogP contribution in [0.15, 0.2) is 16.5 Å². The van der Waals surface area contributed by atoms with Crippen LogP contribution >= 0.6 is 0 Å². The molecule has 1 aliphatic rings. The Morgan fingerprint density at radius 2 is 2.11 bits per heavy atom. The van der Waals surface area contributed by atoms with Gasteiger partial charge in [0.15, 0.2) is 5.76 Å². The lowest BCUT2D eigenvalue weighted by Gasteiger charge is -2.34. The van der Waals surface area contributed by atoms with Crippen molar-refractivity contribution in [3.05, 3.63) is 23.7 Å². The number of carbonyl (C=O) groups excluding carboxylic acids is 1. The zero-order valence-corrected chi connectivity index (χ0v) is 10.7. The van der Waals surface area contributed by atoms with Gasteiger partial charge < -0.3 is 9.15 Å². The number of nitrogen functional groups attached to an aromatic ring is 1. The van der Waals surface area contributed by atoms with Gasteiger partial charge in [0.05, 0.1) is 18.8 Å². The number of morpholine rings is 1. The summed E-state index contributed by atoms with van der Waals surface area (Å²) in [6, 6.07) is 3.43. The highest BCUT2D eigenvalue weighted by Crippen LogP contribution is 2.16. The van der Waals surface area contributed by atoms with Gasteiger partial charge in [-0.25, -0.2) is 5.84 Å². The predicted octanol–water partition coefficient (Wildman–Crippen LogP) is 0.492. The fourth-order valence-electron chi connectivity index (χ4n) is 2.29. The number of hydrogen-bond acceptors (Lipinski definition) is 5. The van der Waals surface area contributed by atoms with Crippen LogP contribution in [0.3, 0.4) is 0 Å². The minimum Gasteiger partial charge on any atom is -0.455 e. The number of rotatable bonds is 3. The first-order valence-electron chi connectivity index (χ1n) is 6.06. The number of carbonyl (C=O) groups is 1. The molecule has 1 amide bonds. The molecule has 3 N–H and O–H groups in total. The Morgan fingerprint density at radius 3 is 2.72 bits per heavy atom. The molecule has 2 rings (SSSR count).